The Bertz CT molecular complexity index is 543. The molecular formula is C9H12N6O. The third kappa shape index (κ3) is 1.68. The first kappa shape index (κ1) is 10.4. The van der Waals surface area contributed by atoms with E-state index in [1.807, 2.05) is 0 Å². The number of imidazole rings is 1. The molecule has 0 radical (unpaired) electrons. The van der Waals surface area contributed by atoms with Crippen LogP contribution in [0.15, 0.2) is 23.5 Å². The Hall–Kier alpha value is -2.15. The van der Waals surface area contributed by atoms with Crippen molar-refractivity contribution in [2.24, 2.45) is 5.73 Å². The molecule has 0 aliphatic rings. The molecule has 84 valence electrons. The SMILES string of the molecule is NCCc1nccn1-c1nc[nH]c(=O)c1N. The number of aromatic amines is 1. The molecule has 0 spiro atoms. The maximum atomic E-state index is 11.3. The molecule has 0 aliphatic carbocycles. The molecule has 0 bridgehead atoms. The number of H-pyrrole nitrogens is 1. The Morgan fingerprint density at radius 2 is 2.25 bits per heavy atom. The van der Waals surface area contributed by atoms with Crippen molar-refractivity contribution in [3.05, 3.63) is 34.9 Å². The Balaban J connectivity index is 2.54. The van der Waals surface area contributed by atoms with Gasteiger partial charge in [0.25, 0.3) is 5.56 Å². The van der Waals surface area contributed by atoms with Gasteiger partial charge in [0.05, 0.1) is 6.33 Å². The van der Waals surface area contributed by atoms with Gasteiger partial charge in [-0.1, -0.05) is 0 Å². The molecule has 0 saturated carbocycles. The molecule has 5 N–H and O–H groups in total. The average molecular weight is 220 g/mol. The molecule has 2 aromatic heterocycles. The van der Waals surface area contributed by atoms with E-state index < -0.39 is 0 Å². The van der Waals surface area contributed by atoms with Crippen LogP contribution in [0.2, 0.25) is 0 Å². The minimum Gasteiger partial charge on any atom is -0.391 e. The molecule has 0 amide bonds. The summed E-state index contributed by atoms with van der Waals surface area (Å²) < 4.78 is 1.66. The Kier molecular flexibility index (Phi) is 2.69. The summed E-state index contributed by atoms with van der Waals surface area (Å²) in [5, 5.41) is 0. The van der Waals surface area contributed by atoms with Crippen molar-refractivity contribution < 1.29 is 0 Å². The van der Waals surface area contributed by atoms with E-state index in [4.69, 9.17) is 11.5 Å². The number of hydrogen-bond donors (Lipinski definition) is 3. The maximum Gasteiger partial charge on any atom is 0.276 e. The summed E-state index contributed by atoms with van der Waals surface area (Å²) in [4.78, 5) is 21.9. The lowest BCUT2D eigenvalue weighted by atomic mass is 10.4. The first-order valence-electron chi connectivity index (χ1n) is 4.80. The molecule has 7 heteroatoms. The van der Waals surface area contributed by atoms with Gasteiger partial charge in [-0.05, 0) is 6.54 Å². The lowest BCUT2D eigenvalue weighted by molar-refractivity contribution is 0.820. The fourth-order valence-corrected chi connectivity index (χ4v) is 1.43. The molecule has 0 unspecified atom stereocenters. The van der Waals surface area contributed by atoms with Crippen molar-refractivity contribution in [1.82, 2.24) is 19.5 Å². The summed E-state index contributed by atoms with van der Waals surface area (Å²) >= 11 is 0. The highest BCUT2D eigenvalue weighted by atomic mass is 16.1. The van der Waals surface area contributed by atoms with Crippen LogP contribution in [0.25, 0.3) is 5.82 Å². The lowest BCUT2D eigenvalue weighted by Crippen LogP contribution is -2.18. The van der Waals surface area contributed by atoms with E-state index in [-0.39, 0.29) is 11.2 Å². The normalized spacial score (nSPS) is 10.6. The number of rotatable bonds is 3. The van der Waals surface area contributed by atoms with Crippen molar-refractivity contribution in [2.45, 2.75) is 6.42 Å². The van der Waals surface area contributed by atoms with Crippen LogP contribution in [0.3, 0.4) is 0 Å². The van der Waals surface area contributed by atoms with Gasteiger partial charge >= 0.3 is 0 Å². The Morgan fingerprint density at radius 3 is 3.00 bits per heavy atom. The van der Waals surface area contributed by atoms with Gasteiger partial charge in [0.2, 0.25) is 0 Å². The molecule has 16 heavy (non-hydrogen) atoms. The van der Waals surface area contributed by atoms with Crippen molar-refractivity contribution in [2.75, 3.05) is 12.3 Å². The van der Waals surface area contributed by atoms with Crippen LogP contribution in [0, 0.1) is 0 Å². The zero-order valence-corrected chi connectivity index (χ0v) is 8.55. The summed E-state index contributed by atoms with van der Waals surface area (Å²) in [5.41, 5.74) is 10.8. The van der Waals surface area contributed by atoms with E-state index in [0.29, 0.717) is 18.8 Å². The van der Waals surface area contributed by atoms with Crippen LogP contribution in [0.1, 0.15) is 5.82 Å². The van der Waals surface area contributed by atoms with Gasteiger partial charge in [-0.2, -0.15) is 0 Å². The molecule has 0 saturated heterocycles. The summed E-state index contributed by atoms with van der Waals surface area (Å²) in [5.74, 6) is 1.11. The largest absolute Gasteiger partial charge is 0.391 e. The van der Waals surface area contributed by atoms with Gasteiger partial charge in [-0.15, -0.1) is 0 Å². The Morgan fingerprint density at radius 1 is 1.44 bits per heavy atom. The number of hydrogen-bond acceptors (Lipinski definition) is 5. The quantitative estimate of drug-likeness (QED) is 0.616. The predicted molar refractivity (Wildman–Crippen MR) is 59.2 cm³/mol. The van der Waals surface area contributed by atoms with Gasteiger partial charge < -0.3 is 16.5 Å². The number of nitrogens with one attached hydrogen (secondary N) is 1. The van der Waals surface area contributed by atoms with Gasteiger partial charge in [0.15, 0.2) is 5.82 Å². The average Bonchev–Trinajstić information content (AvgIpc) is 2.71. The summed E-state index contributed by atoms with van der Waals surface area (Å²) in [6, 6.07) is 0. The summed E-state index contributed by atoms with van der Waals surface area (Å²) in [7, 11) is 0. The highest BCUT2D eigenvalue weighted by Gasteiger charge is 2.10. The minimum absolute atomic E-state index is 0.0683. The molecule has 2 rings (SSSR count). The maximum absolute atomic E-state index is 11.3. The number of anilines is 1. The van der Waals surface area contributed by atoms with E-state index in [1.54, 1.807) is 17.0 Å². The van der Waals surface area contributed by atoms with E-state index in [0.717, 1.165) is 5.82 Å². The van der Waals surface area contributed by atoms with Crippen molar-refractivity contribution in [1.29, 1.82) is 0 Å². The first-order chi connectivity index (χ1) is 7.74. The lowest BCUT2D eigenvalue weighted by Gasteiger charge is -2.07. The highest BCUT2D eigenvalue weighted by Crippen LogP contribution is 2.11. The number of nitrogen functional groups attached to an aromatic ring is 1. The van der Waals surface area contributed by atoms with E-state index in [1.165, 1.54) is 6.33 Å². The van der Waals surface area contributed by atoms with Gasteiger partial charge in [0.1, 0.15) is 11.5 Å². The number of aromatic nitrogens is 4. The molecule has 0 atom stereocenters. The van der Waals surface area contributed by atoms with Gasteiger partial charge in [-0.25, -0.2) is 9.97 Å². The van der Waals surface area contributed by atoms with Crippen molar-refractivity contribution in [3.8, 4) is 5.82 Å². The molecule has 0 fully saturated rings. The van der Waals surface area contributed by atoms with Crippen LogP contribution in [-0.2, 0) is 6.42 Å². The predicted octanol–water partition coefficient (Wildman–Crippen LogP) is -0.961. The summed E-state index contributed by atoms with van der Waals surface area (Å²) in [6.07, 6.45) is 5.22. The Labute approximate surface area is 91.1 Å². The topological polar surface area (TPSA) is 116 Å². The second-order valence-corrected chi connectivity index (χ2v) is 3.22. The molecular weight excluding hydrogens is 208 g/mol. The van der Waals surface area contributed by atoms with Crippen LogP contribution in [-0.4, -0.2) is 26.1 Å². The standard InChI is InChI=1S/C9H12N6O/c10-2-1-6-12-3-4-15(6)8-7(11)9(16)14-5-13-8/h3-5H,1-2,10-11H2,(H,13,14,16). The van der Waals surface area contributed by atoms with Crippen LogP contribution in [0.4, 0.5) is 5.69 Å². The third-order valence-corrected chi connectivity index (χ3v) is 2.18. The second-order valence-electron chi connectivity index (χ2n) is 3.22. The van der Waals surface area contributed by atoms with Crippen molar-refractivity contribution in [3.63, 3.8) is 0 Å². The summed E-state index contributed by atoms with van der Waals surface area (Å²) in [6.45, 7) is 0.472. The molecule has 2 aromatic rings. The van der Waals surface area contributed by atoms with Gasteiger partial charge in [-0.3, -0.25) is 9.36 Å². The van der Waals surface area contributed by atoms with Crippen LogP contribution in [0.5, 0.6) is 0 Å². The van der Waals surface area contributed by atoms with Crippen LogP contribution >= 0.6 is 0 Å². The number of nitrogens with two attached hydrogens (primary N) is 2. The monoisotopic (exact) mass is 220 g/mol. The zero-order valence-electron chi connectivity index (χ0n) is 8.55. The first-order valence-corrected chi connectivity index (χ1v) is 4.80. The number of nitrogens with zero attached hydrogens (tertiary/aromatic N) is 3. The van der Waals surface area contributed by atoms with E-state index in [9.17, 15) is 4.79 Å². The van der Waals surface area contributed by atoms with E-state index >= 15 is 0 Å². The smallest absolute Gasteiger partial charge is 0.276 e. The van der Waals surface area contributed by atoms with Gasteiger partial charge in [0, 0.05) is 18.8 Å². The minimum atomic E-state index is -0.364. The fraction of sp³-hybridized carbons (Fsp3) is 0.222. The second kappa shape index (κ2) is 4.15. The van der Waals surface area contributed by atoms with E-state index in [2.05, 4.69) is 15.0 Å². The van der Waals surface area contributed by atoms with Crippen molar-refractivity contribution >= 4 is 5.69 Å². The van der Waals surface area contributed by atoms with Crippen LogP contribution < -0.4 is 17.0 Å². The molecule has 2 heterocycles. The fourth-order valence-electron chi connectivity index (χ4n) is 1.43. The zero-order chi connectivity index (χ0) is 11.5. The third-order valence-electron chi connectivity index (χ3n) is 2.18. The molecule has 0 aliphatic heterocycles. The highest BCUT2D eigenvalue weighted by molar-refractivity contribution is 5.51. The molecule has 7 nitrogen and oxygen atoms in total. The molecule has 0 aromatic carbocycles.